The average Bonchev–Trinajstić information content (AvgIpc) is 2.80. The highest BCUT2D eigenvalue weighted by Gasteiger charge is 2.28. The zero-order chi connectivity index (χ0) is 22.9. The minimum atomic E-state index is -0.568. The molecule has 1 N–H and O–H groups in total. The van der Waals surface area contributed by atoms with Gasteiger partial charge in [-0.3, -0.25) is 9.59 Å². The fourth-order valence-corrected chi connectivity index (χ4v) is 5.05. The number of benzene rings is 2. The Labute approximate surface area is 205 Å². The lowest BCUT2D eigenvalue weighted by atomic mass is 9.95. The highest BCUT2D eigenvalue weighted by atomic mass is 35.5. The van der Waals surface area contributed by atoms with Crippen molar-refractivity contribution in [1.82, 2.24) is 10.2 Å². The van der Waals surface area contributed by atoms with Crippen LogP contribution in [0.15, 0.2) is 53.4 Å². The maximum atomic E-state index is 13.2. The van der Waals surface area contributed by atoms with Crippen LogP contribution in [0.4, 0.5) is 0 Å². The predicted octanol–water partition coefficient (Wildman–Crippen LogP) is 6.34. The Morgan fingerprint density at radius 1 is 1.06 bits per heavy atom. The molecule has 0 radical (unpaired) electrons. The van der Waals surface area contributed by atoms with Gasteiger partial charge in [0, 0.05) is 39.7 Å². The summed E-state index contributed by atoms with van der Waals surface area (Å²) in [5, 5.41) is 4.44. The second-order valence-electron chi connectivity index (χ2n) is 8.18. The van der Waals surface area contributed by atoms with E-state index in [1.165, 1.54) is 6.42 Å². The third-order valence-electron chi connectivity index (χ3n) is 5.82. The summed E-state index contributed by atoms with van der Waals surface area (Å²) in [6.45, 7) is 2.11. The number of rotatable bonds is 9. The molecule has 4 nitrogen and oxygen atoms in total. The highest BCUT2D eigenvalue weighted by molar-refractivity contribution is 7.99. The van der Waals surface area contributed by atoms with Gasteiger partial charge in [0.2, 0.25) is 11.8 Å². The Bertz CT molecular complexity index is 901. The summed E-state index contributed by atoms with van der Waals surface area (Å²) in [6, 6.07) is 14.7. The molecule has 1 aliphatic carbocycles. The van der Waals surface area contributed by atoms with Crippen molar-refractivity contribution in [2.24, 2.45) is 0 Å². The summed E-state index contributed by atoms with van der Waals surface area (Å²) in [5.41, 5.74) is 0.838. The van der Waals surface area contributed by atoms with E-state index in [9.17, 15) is 9.59 Å². The first kappa shape index (κ1) is 24.9. The van der Waals surface area contributed by atoms with Crippen LogP contribution in [0.3, 0.4) is 0 Å². The van der Waals surface area contributed by atoms with Crippen molar-refractivity contribution in [3.63, 3.8) is 0 Å². The summed E-state index contributed by atoms with van der Waals surface area (Å²) in [4.78, 5) is 28.9. The van der Waals surface area contributed by atoms with Gasteiger partial charge in [-0.1, -0.05) is 60.7 Å². The Morgan fingerprint density at radius 2 is 1.75 bits per heavy atom. The van der Waals surface area contributed by atoms with E-state index in [1.807, 2.05) is 48.5 Å². The van der Waals surface area contributed by atoms with E-state index in [0.29, 0.717) is 28.8 Å². The maximum absolute atomic E-state index is 13.2. The number of nitrogens with zero attached hydrogens (tertiary/aromatic N) is 1. The van der Waals surface area contributed by atoms with Crippen LogP contribution in [0.25, 0.3) is 0 Å². The van der Waals surface area contributed by atoms with Crippen LogP contribution in [0.1, 0.15) is 51.0 Å². The maximum Gasteiger partial charge on any atom is 0.242 e. The zero-order valence-corrected chi connectivity index (χ0v) is 20.7. The van der Waals surface area contributed by atoms with Gasteiger partial charge in [0.1, 0.15) is 6.04 Å². The molecule has 0 aromatic heterocycles. The standard InChI is InChI=1S/C25H30Cl2N2O2S/c1-18(25(31)28-21-8-3-2-4-9-21)29(17-19-7-5-6-10-23(19)27)24(30)15-16-32-22-13-11-20(26)12-14-22/h5-7,10-14,18,21H,2-4,8-9,15-17H2,1H3,(H,28,31)/t18-/m1/s1. The molecule has 2 amide bonds. The number of hydrogen-bond donors (Lipinski definition) is 1. The van der Waals surface area contributed by atoms with Crippen LogP contribution in [-0.4, -0.2) is 34.6 Å². The molecule has 1 aliphatic rings. The van der Waals surface area contributed by atoms with Gasteiger partial charge < -0.3 is 10.2 Å². The molecule has 32 heavy (non-hydrogen) atoms. The fraction of sp³-hybridized carbons (Fsp3) is 0.440. The first-order valence-corrected chi connectivity index (χ1v) is 12.9. The van der Waals surface area contributed by atoms with Crippen LogP contribution in [0, 0.1) is 0 Å². The summed E-state index contributed by atoms with van der Waals surface area (Å²) in [6.07, 6.45) is 5.86. The molecule has 1 saturated carbocycles. The van der Waals surface area contributed by atoms with Crippen molar-refractivity contribution in [1.29, 1.82) is 0 Å². The minimum absolute atomic E-state index is 0.0577. The molecule has 1 fully saturated rings. The van der Waals surface area contributed by atoms with Crippen LogP contribution >= 0.6 is 35.0 Å². The van der Waals surface area contributed by atoms with Crippen LogP contribution in [0.2, 0.25) is 10.0 Å². The quantitative estimate of drug-likeness (QED) is 0.415. The van der Waals surface area contributed by atoms with Crippen LogP contribution < -0.4 is 5.32 Å². The summed E-state index contributed by atoms with van der Waals surface area (Å²) < 4.78 is 0. The summed E-state index contributed by atoms with van der Waals surface area (Å²) in [5.74, 6) is 0.469. The van der Waals surface area contributed by atoms with Gasteiger partial charge >= 0.3 is 0 Å². The number of amides is 2. The number of halogens is 2. The Hall–Kier alpha value is -1.69. The fourth-order valence-electron chi connectivity index (χ4n) is 3.89. The first-order valence-electron chi connectivity index (χ1n) is 11.2. The van der Waals surface area contributed by atoms with Crippen LogP contribution in [-0.2, 0) is 16.1 Å². The Balaban J connectivity index is 1.65. The van der Waals surface area contributed by atoms with E-state index in [0.717, 1.165) is 36.1 Å². The lowest BCUT2D eigenvalue weighted by molar-refractivity contribution is -0.140. The molecule has 7 heteroatoms. The van der Waals surface area contributed by atoms with Crippen molar-refractivity contribution in [2.75, 3.05) is 5.75 Å². The lowest BCUT2D eigenvalue weighted by Crippen LogP contribution is -2.50. The van der Waals surface area contributed by atoms with Crippen LogP contribution in [0.5, 0.6) is 0 Å². The van der Waals surface area contributed by atoms with Gasteiger partial charge in [-0.2, -0.15) is 0 Å². The molecule has 0 unspecified atom stereocenters. The molecular formula is C25H30Cl2N2O2S. The number of carbonyl (C=O) groups excluding carboxylic acids is 2. The van der Waals surface area contributed by atoms with E-state index in [2.05, 4.69) is 5.32 Å². The van der Waals surface area contributed by atoms with E-state index < -0.39 is 6.04 Å². The largest absolute Gasteiger partial charge is 0.352 e. The topological polar surface area (TPSA) is 49.4 Å². The molecule has 1 atom stereocenters. The van der Waals surface area contributed by atoms with E-state index >= 15 is 0 Å². The van der Waals surface area contributed by atoms with Crippen molar-refractivity contribution in [3.05, 3.63) is 64.1 Å². The molecule has 0 heterocycles. The monoisotopic (exact) mass is 492 g/mol. The van der Waals surface area contributed by atoms with Gasteiger partial charge in [0.25, 0.3) is 0 Å². The molecule has 2 aromatic carbocycles. The Kier molecular flexibility index (Phi) is 9.76. The summed E-state index contributed by atoms with van der Waals surface area (Å²) >= 11 is 13.9. The highest BCUT2D eigenvalue weighted by Crippen LogP contribution is 2.24. The zero-order valence-electron chi connectivity index (χ0n) is 18.4. The molecule has 0 aliphatic heterocycles. The number of nitrogens with one attached hydrogen (secondary N) is 1. The van der Waals surface area contributed by atoms with Gasteiger partial charge in [-0.25, -0.2) is 0 Å². The Morgan fingerprint density at radius 3 is 2.44 bits per heavy atom. The molecule has 3 rings (SSSR count). The number of thioether (sulfide) groups is 1. The van der Waals surface area contributed by atoms with Gasteiger partial charge in [-0.05, 0) is 55.7 Å². The van der Waals surface area contributed by atoms with E-state index in [-0.39, 0.29) is 17.9 Å². The van der Waals surface area contributed by atoms with Crippen molar-refractivity contribution >= 4 is 46.8 Å². The second kappa shape index (κ2) is 12.5. The molecule has 172 valence electrons. The average molecular weight is 494 g/mol. The number of carbonyl (C=O) groups is 2. The van der Waals surface area contributed by atoms with Crippen molar-refractivity contribution in [3.8, 4) is 0 Å². The summed E-state index contributed by atoms with van der Waals surface area (Å²) in [7, 11) is 0. The third-order valence-corrected chi connectivity index (χ3v) is 7.45. The SMILES string of the molecule is C[C@H](C(=O)NC1CCCCC1)N(Cc1ccccc1Cl)C(=O)CCSc1ccc(Cl)cc1. The van der Waals surface area contributed by atoms with E-state index in [1.54, 1.807) is 23.6 Å². The molecule has 0 saturated heterocycles. The molecule has 2 aromatic rings. The molecule has 0 bridgehead atoms. The first-order chi connectivity index (χ1) is 15.4. The van der Waals surface area contributed by atoms with Gasteiger partial charge in [0.15, 0.2) is 0 Å². The molecule has 0 spiro atoms. The minimum Gasteiger partial charge on any atom is -0.352 e. The van der Waals surface area contributed by atoms with Crippen molar-refractivity contribution in [2.45, 2.75) is 69.0 Å². The normalized spacial score (nSPS) is 15.2. The lowest BCUT2D eigenvalue weighted by Gasteiger charge is -2.31. The smallest absolute Gasteiger partial charge is 0.242 e. The van der Waals surface area contributed by atoms with Crippen molar-refractivity contribution < 1.29 is 9.59 Å². The van der Waals surface area contributed by atoms with Gasteiger partial charge in [0.05, 0.1) is 0 Å². The van der Waals surface area contributed by atoms with Gasteiger partial charge in [-0.15, -0.1) is 11.8 Å². The van der Waals surface area contributed by atoms with E-state index in [4.69, 9.17) is 23.2 Å². The molecular weight excluding hydrogens is 463 g/mol. The predicted molar refractivity (Wildman–Crippen MR) is 133 cm³/mol. The third kappa shape index (κ3) is 7.43. The number of hydrogen-bond acceptors (Lipinski definition) is 3. The second-order valence-corrected chi connectivity index (χ2v) is 10.2.